The lowest BCUT2D eigenvalue weighted by molar-refractivity contribution is -0.112. The van der Waals surface area contributed by atoms with Crippen molar-refractivity contribution in [3.05, 3.63) is 22.2 Å². The number of fused-ring (bicyclic) bond motifs is 1. The normalized spacial score (nSPS) is 14.2. The predicted octanol–water partition coefficient (Wildman–Crippen LogP) is 2.18. The minimum absolute atomic E-state index is 0.380. The Balaban J connectivity index is 2.41. The van der Waals surface area contributed by atoms with Crippen LogP contribution in [0.2, 0.25) is 0 Å². The number of amides is 1. The molecule has 108 valence electrons. The molecule has 0 radical (unpaired) electrons. The number of carbonyl (C=O) groups excluding carboxylic acids is 2. The van der Waals surface area contributed by atoms with E-state index in [9.17, 15) is 14.7 Å². The van der Waals surface area contributed by atoms with Crippen molar-refractivity contribution in [2.45, 2.75) is 26.4 Å². The summed E-state index contributed by atoms with van der Waals surface area (Å²) in [5.74, 6) is -1.12. The standard InChI is InChI=1S/C14H17BrN2O3/c1-4-17(7-14(2,3)20)11-6-10-8(5-9(11)15)12(18)13(19)16-10/h5-6,20H,4,7H2,1-3H3,(H,16,18,19). The summed E-state index contributed by atoms with van der Waals surface area (Å²) in [6.07, 6.45) is 0. The Bertz CT molecular complexity index is 579. The van der Waals surface area contributed by atoms with Crippen LogP contribution < -0.4 is 10.2 Å². The highest BCUT2D eigenvalue weighted by Gasteiger charge is 2.30. The third-order valence-corrected chi connectivity index (χ3v) is 3.72. The van der Waals surface area contributed by atoms with Gasteiger partial charge in [-0.15, -0.1) is 0 Å². The second-order valence-corrected chi connectivity index (χ2v) is 6.31. The molecule has 0 saturated heterocycles. The van der Waals surface area contributed by atoms with E-state index >= 15 is 0 Å². The minimum atomic E-state index is -0.840. The maximum absolute atomic E-state index is 11.6. The van der Waals surface area contributed by atoms with Gasteiger partial charge in [0.05, 0.1) is 22.5 Å². The number of nitrogens with zero attached hydrogens (tertiary/aromatic N) is 1. The van der Waals surface area contributed by atoms with Gasteiger partial charge in [-0.25, -0.2) is 0 Å². The van der Waals surface area contributed by atoms with Gasteiger partial charge in [-0.2, -0.15) is 0 Å². The molecule has 2 rings (SSSR count). The highest BCUT2D eigenvalue weighted by molar-refractivity contribution is 9.10. The molecular weight excluding hydrogens is 324 g/mol. The Kier molecular flexibility index (Phi) is 3.88. The second kappa shape index (κ2) is 5.18. The van der Waals surface area contributed by atoms with Crippen molar-refractivity contribution in [3.8, 4) is 0 Å². The summed E-state index contributed by atoms with van der Waals surface area (Å²) >= 11 is 3.43. The lowest BCUT2D eigenvalue weighted by Crippen LogP contribution is -2.38. The molecule has 0 atom stereocenters. The van der Waals surface area contributed by atoms with Crippen LogP contribution in [0.25, 0.3) is 0 Å². The molecule has 1 aliphatic rings. The smallest absolute Gasteiger partial charge is 0.296 e. The zero-order chi connectivity index (χ0) is 15.1. The molecule has 0 aliphatic carbocycles. The van der Waals surface area contributed by atoms with Gasteiger partial charge in [-0.1, -0.05) is 0 Å². The Hall–Kier alpha value is -1.40. The maximum Gasteiger partial charge on any atom is 0.296 e. The fraction of sp³-hybridized carbons (Fsp3) is 0.429. The van der Waals surface area contributed by atoms with E-state index in [4.69, 9.17) is 0 Å². The summed E-state index contributed by atoms with van der Waals surface area (Å²) < 4.78 is 0.729. The van der Waals surface area contributed by atoms with E-state index in [1.54, 1.807) is 26.0 Å². The highest BCUT2D eigenvalue weighted by atomic mass is 79.9. The number of halogens is 1. The number of rotatable bonds is 4. The van der Waals surface area contributed by atoms with Crippen LogP contribution in [0.5, 0.6) is 0 Å². The van der Waals surface area contributed by atoms with E-state index in [0.717, 1.165) is 10.2 Å². The lowest BCUT2D eigenvalue weighted by atomic mass is 10.1. The maximum atomic E-state index is 11.6. The van der Waals surface area contributed by atoms with Gasteiger partial charge >= 0.3 is 0 Å². The van der Waals surface area contributed by atoms with Gasteiger partial charge in [0.2, 0.25) is 0 Å². The van der Waals surface area contributed by atoms with Crippen LogP contribution in [-0.4, -0.2) is 35.5 Å². The zero-order valence-electron chi connectivity index (χ0n) is 11.7. The van der Waals surface area contributed by atoms with Gasteiger partial charge in [0.25, 0.3) is 11.7 Å². The molecule has 5 nitrogen and oxygen atoms in total. The van der Waals surface area contributed by atoms with Crippen molar-refractivity contribution in [2.75, 3.05) is 23.3 Å². The number of carbonyl (C=O) groups is 2. The van der Waals surface area contributed by atoms with Crippen molar-refractivity contribution in [2.24, 2.45) is 0 Å². The molecule has 0 unspecified atom stereocenters. The average Bonchev–Trinajstić information content (AvgIpc) is 2.61. The van der Waals surface area contributed by atoms with E-state index in [1.807, 2.05) is 11.8 Å². The molecule has 0 aromatic heterocycles. The lowest BCUT2D eigenvalue weighted by Gasteiger charge is -2.31. The number of hydrogen-bond acceptors (Lipinski definition) is 4. The fourth-order valence-electron chi connectivity index (χ4n) is 2.23. The molecule has 6 heteroatoms. The summed E-state index contributed by atoms with van der Waals surface area (Å²) in [5.41, 5.74) is 0.897. The van der Waals surface area contributed by atoms with Gasteiger partial charge in [0, 0.05) is 17.6 Å². The topological polar surface area (TPSA) is 69.6 Å². The van der Waals surface area contributed by atoms with Gasteiger partial charge in [-0.3, -0.25) is 9.59 Å². The monoisotopic (exact) mass is 340 g/mol. The number of anilines is 2. The quantitative estimate of drug-likeness (QED) is 0.824. The van der Waals surface area contributed by atoms with E-state index in [1.165, 1.54) is 0 Å². The molecule has 1 aromatic rings. The first kappa shape index (κ1) is 15.0. The molecule has 20 heavy (non-hydrogen) atoms. The fourth-order valence-corrected chi connectivity index (χ4v) is 2.83. The van der Waals surface area contributed by atoms with E-state index in [0.29, 0.717) is 24.3 Å². The van der Waals surface area contributed by atoms with Crippen LogP contribution in [0, 0.1) is 0 Å². The minimum Gasteiger partial charge on any atom is -0.389 e. The number of aliphatic hydroxyl groups is 1. The molecule has 1 aromatic carbocycles. The number of ketones is 1. The molecule has 1 heterocycles. The number of Topliss-reactive ketones (excluding diaryl/α,β-unsaturated/α-hetero) is 1. The molecular formula is C14H17BrN2O3. The van der Waals surface area contributed by atoms with Gasteiger partial charge < -0.3 is 15.3 Å². The first-order valence-corrected chi connectivity index (χ1v) is 7.19. The molecule has 0 saturated carbocycles. The first-order chi connectivity index (χ1) is 9.23. The molecule has 1 amide bonds. The van der Waals surface area contributed by atoms with E-state index < -0.39 is 17.3 Å². The molecule has 2 N–H and O–H groups in total. The molecule has 1 aliphatic heterocycles. The molecule has 0 spiro atoms. The van der Waals surface area contributed by atoms with Gasteiger partial charge in [0.15, 0.2) is 0 Å². The van der Waals surface area contributed by atoms with Crippen molar-refractivity contribution in [1.82, 2.24) is 0 Å². The Morgan fingerprint density at radius 3 is 2.55 bits per heavy atom. The summed E-state index contributed by atoms with van der Waals surface area (Å²) in [5, 5.41) is 12.5. The third kappa shape index (κ3) is 2.86. The average molecular weight is 341 g/mol. The highest BCUT2D eigenvalue weighted by Crippen LogP contribution is 2.35. The summed E-state index contributed by atoms with van der Waals surface area (Å²) in [6, 6.07) is 3.41. The summed E-state index contributed by atoms with van der Waals surface area (Å²) in [7, 11) is 0. The molecule has 0 bridgehead atoms. The van der Waals surface area contributed by atoms with Crippen LogP contribution in [0.4, 0.5) is 11.4 Å². The largest absolute Gasteiger partial charge is 0.389 e. The number of likely N-dealkylation sites (N-methyl/N-ethyl adjacent to an activating group) is 1. The van der Waals surface area contributed by atoms with E-state index in [-0.39, 0.29) is 0 Å². The predicted molar refractivity (Wildman–Crippen MR) is 81.3 cm³/mol. The van der Waals surface area contributed by atoms with Gasteiger partial charge in [0.1, 0.15) is 0 Å². The SMILES string of the molecule is CCN(CC(C)(C)O)c1cc2c(cc1Br)C(=O)C(=O)N2. The second-order valence-electron chi connectivity index (χ2n) is 5.46. The number of nitrogens with one attached hydrogen (secondary N) is 1. The zero-order valence-corrected chi connectivity index (χ0v) is 13.2. The number of hydrogen-bond donors (Lipinski definition) is 2. The van der Waals surface area contributed by atoms with Crippen molar-refractivity contribution in [1.29, 1.82) is 0 Å². The van der Waals surface area contributed by atoms with Crippen molar-refractivity contribution in [3.63, 3.8) is 0 Å². The molecule has 0 fully saturated rings. The van der Waals surface area contributed by atoms with Crippen LogP contribution in [0.1, 0.15) is 31.1 Å². The first-order valence-electron chi connectivity index (χ1n) is 6.39. The van der Waals surface area contributed by atoms with Gasteiger partial charge in [-0.05, 0) is 48.8 Å². The Labute approximate surface area is 126 Å². The summed E-state index contributed by atoms with van der Waals surface area (Å²) in [6.45, 7) is 6.60. The summed E-state index contributed by atoms with van der Waals surface area (Å²) in [4.78, 5) is 25.0. The third-order valence-electron chi connectivity index (χ3n) is 3.09. The van der Waals surface area contributed by atoms with Crippen molar-refractivity contribution < 1.29 is 14.7 Å². The van der Waals surface area contributed by atoms with Crippen LogP contribution in [0.15, 0.2) is 16.6 Å². The van der Waals surface area contributed by atoms with Crippen LogP contribution in [0.3, 0.4) is 0 Å². The Morgan fingerprint density at radius 1 is 1.35 bits per heavy atom. The van der Waals surface area contributed by atoms with E-state index in [2.05, 4.69) is 21.2 Å². The van der Waals surface area contributed by atoms with Crippen LogP contribution >= 0.6 is 15.9 Å². The Morgan fingerprint density at radius 2 is 2.00 bits per heavy atom. The number of benzene rings is 1. The van der Waals surface area contributed by atoms with Crippen molar-refractivity contribution >= 4 is 39.0 Å². The van der Waals surface area contributed by atoms with Crippen LogP contribution in [-0.2, 0) is 4.79 Å².